The molecule has 8 heteroatoms. The highest BCUT2D eigenvalue weighted by atomic mass is 19.4. The maximum atomic E-state index is 12.1. The summed E-state index contributed by atoms with van der Waals surface area (Å²) >= 11 is 0. The smallest absolute Gasteiger partial charge is 0.406 e. The van der Waals surface area contributed by atoms with Crippen molar-refractivity contribution in [2.45, 2.75) is 25.5 Å². The first-order valence-electron chi connectivity index (χ1n) is 5.65. The van der Waals surface area contributed by atoms with Crippen molar-refractivity contribution in [3.63, 3.8) is 0 Å². The van der Waals surface area contributed by atoms with Gasteiger partial charge in [0.05, 0.1) is 0 Å². The topological polar surface area (TPSA) is 78.8 Å². The van der Waals surface area contributed by atoms with Gasteiger partial charge >= 0.3 is 6.36 Å². The third kappa shape index (κ3) is 5.45. The van der Waals surface area contributed by atoms with Crippen LogP contribution in [0.2, 0.25) is 0 Å². The molecule has 0 saturated heterocycles. The monoisotopic (exact) mass is 293 g/mol. The van der Waals surface area contributed by atoms with E-state index in [1.165, 1.54) is 19.1 Å². The van der Waals surface area contributed by atoms with Gasteiger partial charge in [-0.15, -0.1) is 13.2 Å². The quantitative estimate of drug-likeness (QED) is 0.760. The average molecular weight is 293 g/mol. The van der Waals surface area contributed by atoms with Crippen LogP contribution in [0.4, 0.5) is 13.2 Å². The summed E-state index contributed by atoms with van der Waals surface area (Å²) in [5, 5.41) is 21.7. The minimum absolute atomic E-state index is 0.0459. The molecule has 20 heavy (non-hydrogen) atoms. The van der Waals surface area contributed by atoms with E-state index in [4.69, 9.17) is 0 Å². The molecule has 0 aromatic heterocycles. The van der Waals surface area contributed by atoms with E-state index in [0.717, 1.165) is 12.1 Å². The summed E-state index contributed by atoms with van der Waals surface area (Å²) in [6.07, 6.45) is -7.63. The first-order chi connectivity index (χ1) is 9.19. The molecule has 0 aliphatic rings. The Morgan fingerprint density at radius 1 is 1.40 bits per heavy atom. The number of hydrogen-bond acceptors (Lipinski definition) is 4. The van der Waals surface area contributed by atoms with E-state index >= 15 is 0 Å². The fourth-order valence-corrected chi connectivity index (χ4v) is 1.48. The van der Waals surface area contributed by atoms with Gasteiger partial charge in [-0.2, -0.15) is 0 Å². The summed E-state index contributed by atoms with van der Waals surface area (Å²) in [4.78, 5) is 10.7. The Bertz CT molecular complexity index is 464. The highest BCUT2D eigenvalue weighted by Crippen LogP contribution is 2.26. The third-order valence-electron chi connectivity index (χ3n) is 2.36. The lowest BCUT2D eigenvalue weighted by Crippen LogP contribution is -2.34. The molecule has 1 rings (SSSR count). The number of ether oxygens (including phenoxy) is 1. The number of hydrogen-bond donors (Lipinski definition) is 3. The first-order valence-corrected chi connectivity index (χ1v) is 5.65. The molecule has 0 aliphatic carbocycles. The van der Waals surface area contributed by atoms with Gasteiger partial charge in [-0.05, 0) is 17.7 Å². The van der Waals surface area contributed by atoms with Crippen LogP contribution in [0.25, 0.3) is 0 Å². The second kappa shape index (κ2) is 6.58. The van der Waals surface area contributed by atoms with Crippen LogP contribution in [0.3, 0.4) is 0 Å². The molecule has 2 atom stereocenters. The normalized spacial score (nSPS) is 14.5. The van der Waals surface area contributed by atoms with Crippen LogP contribution in [-0.4, -0.2) is 35.1 Å². The molecule has 0 heterocycles. The Labute approximate surface area is 113 Å². The molecule has 5 nitrogen and oxygen atoms in total. The minimum Gasteiger partial charge on any atom is -0.406 e. The van der Waals surface area contributed by atoms with Gasteiger partial charge < -0.3 is 20.3 Å². The number of benzene rings is 1. The predicted molar refractivity (Wildman–Crippen MR) is 62.8 cm³/mol. The maximum Gasteiger partial charge on any atom is 0.573 e. The van der Waals surface area contributed by atoms with E-state index in [2.05, 4.69) is 10.1 Å². The summed E-state index contributed by atoms with van der Waals surface area (Å²) in [6, 6.07) is 4.63. The number of alkyl halides is 3. The van der Waals surface area contributed by atoms with Crippen LogP contribution < -0.4 is 10.1 Å². The van der Waals surface area contributed by atoms with Gasteiger partial charge in [-0.1, -0.05) is 12.1 Å². The first kappa shape index (κ1) is 16.3. The van der Waals surface area contributed by atoms with E-state index in [9.17, 15) is 28.2 Å². The number of halogens is 3. The van der Waals surface area contributed by atoms with Crippen LogP contribution in [-0.2, 0) is 4.79 Å². The number of nitrogens with one attached hydrogen (secondary N) is 1. The average Bonchev–Trinajstić information content (AvgIpc) is 2.33. The summed E-state index contributed by atoms with van der Waals surface area (Å²) < 4.78 is 39.9. The van der Waals surface area contributed by atoms with Crippen molar-refractivity contribution in [3.8, 4) is 5.75 Å². The molecular formula is C12H14F3NO4. The van der Waals surface area contributed by atoms with Crippen molar-refractivity contribution < 1.29 is 32.9 Å². The number of carbonyl (C=O) groups excluding carboxylic acids is 1. The molecule has 0 radical (unpaired) electrons. The lowest BCUT2D eigenvalue weighted by atomic mass is 10.0. The standard InChI is InChI=1S/C12H14F3NO4/c1-7(17)16-6-10(18)11(19)8-3-2-4-9(5-8)20-12(13,14)15/h2-5,10-11,18-19H,6H2,1H3,(H,16,17). The zero-order valence-corrected chi connectivity index (χ0v) is 10.5. The molecule has 1 aromatic rings. The van der Waals surface area contributed by atoms with Gasteiger partial charge in [-0.25, -0.2) is 0 Å². The van der Waals surface area contributed by atoms with Crippen LogP contribution >= 0.6 is 0 Å². The van der Waals surface area contributed by atoms with Gasteiger partial charge in [0.15, 0.2) is 0 Å². The number of carbonyl (C=O) groups is 1. The highest BCUT2D eigenvalue weighted by molar-refractivity contribution is 5.72. The zero-order chi connectivity index (χ0) is 15.3. The molecule has 112 valence electrons. The maximum absolute atomic E-state index is 12.1. The summed E-state index contributed by atoms with van der Waals surface area (Å²) in [6.45, 7) is 1.01. The number of aliphatic hydroxyl groups excluding tert-OH is 2. The summed E-state index contributed by atoms with van der Waals surface area (Å²) in [5.41, 5.74) is 0.0459. The Kier molecular flexibility index (Phi) is 5.34. The highest BCUT2D eigenvalue weighted by Gasteiger charge is 2.31. The molecule has 0 saturated carbocycles. The fourth-order valence-electron chi connectivity index (χ4n) is 1.48. The van der Waals surface area contributed by atoms with Crippen LogP contribution in [0.5, 0.6) is 5.75 Å². The zero-order valence-electron chi connectivity index (χ0n) is 10.5. The van der Waals surface area contributed by atoms with Crippen molar-refractivity contribution in [1.29, 1.82) is 0 Å². The third-order valence-corrected chi connectivity index (χ3v) is 2.36. The van der Waals surface area contributed by atoms with Gasteiger partial charge in [0, 0.05) is 13.5 Å². The van der Waals surface area contributed by atoms with Crippen LogP contribution in [0.1, 0.15) is 18.6 Å². The van der Waals surface area contributed by atoms with E-state index in [-0.39, 0.29) is 12.1 Å². The van der Waals surface area contributed by atoms with Gasteiger partial charge in [0.25, 0.3) is 0 Å². The largest absolute Gasteiger partial charge is 0.573 e. The molecule has 0 aliphatic heterocycles. The Balaban J connectivity index is 2.75. The van der Waals surface area contributed by atoms with Crippen LogP contribution in [0, 0.1) is 0 Å². The molecule has 0 bridgehead atoms. The van der Waals surface area contributed by atoms with E-state index < -0.39 is 30.2 Å². The molecule has 2 unspecified atom stereocenters. The molecular weight excluding hydrogens is 279 g/mol. The number of amides is 1. The molecule has 0 spiro atoms. The Morgan fingerprint density at radius 3 is 2.60 bits per heavy atom. The lowest BCUT2D eigenvalue weighted by molar-refractivity contribution is -0.274. The Morgan fingerprint density at radius 2 is 2.05 bits per heavy atom. The van der Waals surface area contributed by atoms with Crippen LogP contribution in [0.15, 0.2) is 24.3 Å². The van der Waals surface area contributed by atoms with E-state index in [1.807, 2.05) is 0 Å². The van der Waals surface area contributed by atoms with Crippen molar-refractivity contribution in [2.75, 3.05) is 6.54 Å². The van der Waals surface area contributed by atoms with Gasteiger partial charge in [0.2, 0.25) is 5.91 Å². The van der Waals surface area contributed by atoms with E-state index in [0.29, 0.717) is 0 Å². The molecule has 1 amide bonds. The van der Waals surface area contributed by atoms with Crippen molar-refractivity contribution in [1.82, 2.24) is 5.32 Å². The van der Waals surface area contributed by atoms with Crippen molar-refractivity contribution >= 4 is 5.91 Å². The van der Waals surface area contributed by atoms with E-state index in [1.54, 1.807) is 0 Å². The van der Waals surface area contributed by atoms with Gasteiger partial charge in [0.1, 0.15) is 18.0 Å². The predicted octanol–water partition coefficient (Wildman–Crippen LogP) is 1.12. The van der Waals surface area contributed by atoms with Crippen molar-refractivity contribution in [3.05, 3.63) is 29.8 Å². The van der Waals surface area contributed by atoms with Gasteiger partial charge in [-0.3, -0.25) is 4.79 Å². The number of rotatable bonds is 5. The molecule has 1 aromatic carbocycles. The van der Waals surface area contributed by atoms with Crippen molar-refractivity contribution in [2.24, 2.45) is 0 Å². The second-order valence-corrected chi connectivity index (χ2v) is 4.07. The second-order valence-electron chi connectivity index (χ2n) is 4.07. The number of aliphatic hydroxyl groups is 2. The Hall–Kier alpha value is -1.80. The minimum atomic E-state index is -4.83. The molecule has 3 N–H and O–H groups in total. The fraction of sp³-hybridized carbons (Fsp3) is 0.417. The summed E-state index contributed by atoms with van der Waals surface area (Å²) in [7, 11) is 0. The molecule has 0 fully saturated rings. The lowest BCUT2D eigenvalue weighted by Gasteiger charge is -2.19. The SMILES string of the molecule is CC(=O)NCC(O)C(O)c1cccc(OC(F)(F)F)c1. The summed E-state index contributed by atoms with van der Waals surface area (Å²) in [5.74, 6) is -0.897.